The Labute approximate surface area is 134 Å². The summed E-state index contributed by atoms with van der Waals surface area (Å²) in [5.74, 6) is 1.96. The van der Waals surface area contributed by atoms with Crippen molar-refractivity contribution in [3.8, 4) is 5.75 Å². The molecular weight excluding hydrogens is 296 g/mol. The highest BCUT2D eigenvalue weighted by Gasteiger charge is 2.16. The third-order valence-electron chi connectivity index (χ3n) is 3.11. The molecule has 1 heterocycles. The summed E-state index contributed by atoms with van der Waals surface area (Å²) >= 11 is 0. The van der Waals surface area contributed by atoms with Crippen molar-refractivity contribution in [3.05, 3.63) is 46.5 Å². The first-order chi connectivity index (χ1) is 11.0. The maximum Gasteiger partial charge on any atom is 0.311 e. The number of pyridine rings is 1. The van der Waals surface area contributed by atoms with Gasteiger partial charge in [-0.25, -0.2) is 4.98 Å². The van der Waals surface area contributed by atoms with Gasteiger partial charge >= 0.3 is 5.69 Å². The normalized spacial score (nSPS) is 10.4. The molecule has 0 aliphatic carbocycles. The number of ether oxygens (including phenoxy) is 1. The molecule has 122 valence electrons. The summed E-state index contributed by atoms with van der Waals surface area (Å²) in [4.78, 5) is 15.0. The van der Waals surface area contributed by atoms with Crippen molar-refractivity contribution in [1.82, 2.24) is 4.98 Å². The fourth-order valence-corrected chi connectivity index (χ4v) is 1.91. The quantitative estimate of drug-likeness (QED) is 0.596. The average Bonchev–Trinajstić information content (AvgIpc) is 2.53. The van der Waals surface area contributed by atoms with Gasteiger partial charge in [-0.3, -0.25) is 10.1 Å². The summed E-state index contributed by atoms with van der Waals surface area (Å²) < 4.78 is 5.09. The Balaban J connectivity index is 2.25. The molecule has 1 aromatic heterocycles. The van der Waals surface area contributed by atoms with Crippen LogP contribution in [0, 0.1) is 16.0 Å². The van der Waals surface area contributed by atoms with Crippen molar-refractivity contribution >= 4 is 23.0 Å². The molecule has 7 heteroatoms. The molecule has 2 N–H and O–H groups in total. The fourth-order valence-electron chi connectivity index (χ4n) is 1.91. The first-order valence-corrected chi connectivity index (χ1v) is 7.30. The van der Waals surface area contributed by atoms with Crippen molar-refractivity contribution in [2.24, 2.45) is 5.92 Å². The molecule has 2 aromatic rings. The highest BCUT2D eigenvalue weighted by atomic mass is 16.6. The van der Waals surface area contributed by atoms with Crippen LogP contribution in [0.5, 0.6) is 5.75 Å². The van der Waals surface area contributed by atoms with E-state index in [9.17, 15) is 10.1 Å². The van der Waals surface area contributed by atoms with Gasteiger partial charge in [-0.2, -0.15) is 0 Å². The third kappa shape index (κ3) is 4.57. The molecule has 1 aromatic carbocycles. The molecule has 0 bridgehead atoms. The minimum absolute atomic E-state index is 0.0732. The van der Waals surface area contributed by atoms with Crippen LogP contribution in [-0.4, -0.2) is 23.6 Å². The molecule has 0 radical (unpaired) electrons. The van der Waals surface area contributed by atoms with Crippen LogP contribution in [0.2, 0.25) is 0 Å². The lowest BCUT2D eigenvalue weighted by Crippen LogP contribution is -2.10. The van der Waals surface area contributed by atoms with Crippen LogP contribution < -0.4 is 15.4 Å². The van der Waals surface area contributed by atoms with E-state index in [0.29, 0.717) is 23.2 Å². The molecule has 0 saturated heterocycles. The zero-order valence-electron chi connectivity index (χ0n) is 13.4. The van der Waals surface area contributed by atoms with Crippen LogP contribution >= 0.6 is 0 Å². The Kier molecular flexibility index (Phi) is 5.35. The van der Waals surface area contributed by atoms with E-state index in [1.807, 2.05) is 0 Å². The van der Waals surface area contributed by atoms with E-state index in [1.54, 1.807) is 37.4 Å². The molecule has 0 saturated carbocycles. The van der Waals surface area contributed by atoms with Gasteiger partial charge in [-0.05, 0) is 36.2 Å². The van der Waals surface area contributed by atoms with Gasteiger partial charge < -0.3 is 15.4 Å². The zero-order valence-corrected chi connectivity index (χ0v) is 13.4. The second-order valence-corrected chi connectivity index (χ2v) is 5.45. The molecule has 0 aliphatic heterocycles. The van der Waals surface area contributed by atoms with E-state index in [-0.39, 0.29) is 11.5 Å². The minimum Gasteiger partial charge on any atom is -0.497 e. The molecule has 2 rings (SSSR count). The Morgan fingerprint density at radius 1 is 1.22 bits per heavy atom. The predicted octanol–water partition coefficient (Wildman–Crippen LogP) is 3.81. The largest absolute Gasteiger partial charge is 0.497 e. The predicted molar refractivity (Wildman–Crippen MR) is 90.5 cm³/mol. The van der Waals surface area contributed by atoms with Crippen molar-refractivity contribution < 1.29 is 9.66 Å². The van der Waals surface area contributed by atoms with E-state index in [0.717, 1.165) is 6.54 Å². The van der Waals surface area contributed by atoms with Crippen LogP contribution in [0.4, 0.5) is 23.0 Å². The lowest BCUT2D eigenvalue weighted by atomic mass is 10.2. The number of benzene rings is 1. The van der Waals surface area contributed by atoms with Gasteiger partial charge in [0.15, 0.2) is 0 Å². The van der Waals surface area contributed by atoms with Gasteiger partial charge in [0, 0.05) is 18.3 Å². The van der Waals surface area contributed by atoms with Crippen LogP contribution in [0.25, 0.3) is 0 Å². The number of nitrogens with zero attached hydrogens (tertiary/aromatic N) is 2. The SMILES string of the molecule is COc1ccc(Nc2nc(NCC(C)C)ccc2[N+](=O)[O-])cc1. The lowest BCUT2D eigenvalue weighted by Gasteiger charge is -2.11. The van der Waals surface area contributed by atoms with E-state index in [1.165, 1.54) is 6.07 Å². The van der Waals surface area contributed by atoms with Crippen molar-refractivity contribution in [1.29, 1.82) is 0 Å². The standard InChI is InChI=1S/C16H20N4O3/c1-11(2)10-17-15-9-8-14(20(21)22)16(19-15)18-12-4-6-13(23-3)7-5-12/h4-9,11H,10H2,1-3H3,(H2,17,18,19). The van der Waals surface area contributed by atoms with Gasteiger partial charge in [0.25, 0.3) is 0 Å². The van der Waals surface area contributed by atoms with Crippen LogP contribution in [0.15, 0.2) is 36.4 Å². The third-order valence-corrected chi connectivity index (χ3v) is 3.11. The summed E-state index contributed by atoms with van der Waals surface area (Å²) in [6.45, 7) is 4.90. The summed E-state index contributed by atoms with van der Waals surface area (Å²) in [5, 5.41) is 17.3. The monoisotopic (exact) mass is 316 g/mol. The minimum atomic E-state index is -0.453. The van der Waals surface area contributed by atoms with Gasteiger partial charge in [0.1, 0.15) is 11.6 Å². The number of hydrogen-bond donors (Lipinski definition) is 2. The molecule has 0 unspecified atom stereocenters. The van der Waals surface area contributed by atoms with Crippen molar-refractivity contribution in [2.45, 2.75) is 13.8 Å². The molecule has 23 heavy (non-hydrogen) atoms. The second-order valence-electron chi connectivity index (χ2n) is 5.45. The Morgan fingerprint density at radius 3 is 2.48 bits per heavy atom. The number of hydrogen-bond acceptors (Lipinski definition) is 6. The number of anilines is 3. The topological polar surface area (TPSA) is 89.3 Å². The fraction of sp³-hybridized carbons (Fsp3) is 0.312. The maximum atomic E-state index is 11.2. The van der Waals surface area contributed by atoms with Gasteiger partial charge in [0.2, 0.25) is 5.82 Å². The van der Waals surface area contributed by atoms with E-state index in [2.05, 4.69) is 29.5 Å². The van der Waals surface area contributed by atoms with Gasteiger partial charge in [-0.15, -0.1) is 0 Å². The van der Waals surface area contributed by atoms with Crippen LogP contribution in [-0.2, 0) is 0 Å². The van der Waals surface area contributed by atoms with Gasteiger partial charge in [-0.1, -0.05) is 13.8 Å². The van der Waals surface area contributed by atoms with Crippen molar-refractivity contribution in [3.63, 3.8) is 0 Å². The Morgan fingerprint density at radius 2 is 1.91 bits per heavy atom. The second kappa shape index (κ2) is 7.44. The molecule has 0 spiro atoms. The lowest BCUT2D eigenvalue weighted by molar-refractivity contribution is -0.384. The van der Waals surface area contributed by atoms with E-state index in [4.69, 9.17) is 4.74 Å². The average molecular weight is 316 g/mol. The summed E-state index contributed by atoms with van der Waals surface area (Å²) in [5.41, 5.74) is 0.623. The zero-order chi connectivity index (χ0) is 16.8. The highest BCUT2D eigenvalue weighted by molar-refractivity contribution is 5.68. The summed E-state index contributed by atoms with van der Waals surface area (Å²) in [7, 11) is 1.58. The van der Waals surface area contributed by atoms with Crippen molar-refractivity contribution in [2.75, 3.05) is 24.3 Å². The molecular formula is C16H20N4O3. The van der Waals surface area contributed by atoms with E-state index < -0.39 is 4.92 Å². The number of nitro groups is 1. The smallest absolute Gasteiger partial charge is 0.311 e. The Bertz CT molecular complexity index is 672. The number of methoxy groups -OCH3 is 1. The van der Waals surface area contributed by atoms with Crippen LogP contribution in [0.1, 0.15) is 13.8 Å². The van der Waals surface area contributed by atoms with Gasteiger partial charge in [0.05, 0.1) is 12.0 Å². The van der Waals surface area contributed by atoms with E-state index >= 15 is 0 Å². The van der Waals surface area contributed by atoms with Crippen LogP contribution in [0.3, 0.4) is 0 Å². The highest BCUT2D eigenvalue weighted by Crippen LogP contribution is 2.28. The maximum absolute atomic E-state index is 11.2. The molecule has 7 nitrogen and oxygen atoms in total. The number of aromatic nitrogens is 1. The summed E-state index contributed by atoms with van der Waals surface area (Å²) in [6.07, 6.45) is 0. The first-order valence-electron chi connectivity index (χ1n) is 7.30. The molecule has 0 amide bonds. The number of rotatable bonds is 7. The molecule has 0 atom stereocenters. The first kappa shape index (κ1) is 16.5. The Hall–Kier alpha value is -2.83. The summed E-state index contributed by atoms with van der Waals surface area (Å²) in [6, 6.07) is 10.2. The molecule has 0 fully saturated rings. The number of nitrogens with one attached hydrogen (secondary N) is 2. The molecule has 0 aliphatic rings.